The molecule has 42 heavy (non-hydrogen) atoms. The molecule has 10 nitrogen and oxygen atoms in total. The third-order valence-electron chi connectivity index (χ3n) is 7.73. The van der Waals surface area contributed by atoms with Gasteiger partial charge in [-0.15, -0.1) is 0 Å². The van der Waals surface area contributed by atoms with E-state index in [4.69, 9.17) is 35.7 Å². The summed E-state index contributed by atoms with van der Waals surface area (Å²) in [5, 5.41) is 3.52. The maximum absolute atomic E-state index is 5.95. The van der Waals surface area contributed by atoms with E-state index in [1.165, 1.54) is 0 Å². The van der Waals surface area contributed by atoms with Crippen LogP contribution in [0.4, 0.5) is 5.69 Å². The molecule has 0 atom stereocenters. The van der Waals surface area contributed by atoms with Crippen molar-refractivity contribution in [3.63, 3.8) is 0 Å². The maximum atomic E-state index is 5.95. The summed E-state index contributed by atoms with van der Waals surface area (Å²) >= 11 is 0. The number of nitrogens with one attached hydrogen (secondary N) is 3. The Labute approximate surface area is 237 Å². The van der Waals surface area contributed by atoms with Crippen LogP contribution in [0.5, 0.6) is 0 Å². The number of nitrogens with zero attached hydrogens (tertiary/aromatic N) is 6. The highest BCUT2D eigenvalue weighted by Crippen LogP contribution is 2.37. The normalized spacial score (nSPS) is 11.9. The highest BCUT2D eigenvalue weighted by molar-refractivity contribution is 6.11. The van der Waals surface area contributed by atoms with Gasteiger partial charge in [0.2, 0.25) is 0 Å². The first-order chi connectivity index (χ1) is 20.7. The van der Waals surface area contributed by atoms with Gasteiger partial charge in [-0.1, -0.05) is 84.9 Å². The van der Waals surface area contributed by atoms with Crippen molar-refractivity contribution in [2.45, 2.75) is 0 Å². The number of hydrogen-bond donors (Lipinski definition) is 4. The van der Waals surface area contributed by atoms with Gasteiger partial charge in [-0.05, 0) is 6.07 Å². The molecule has 5 N–H and O–H groups in total. The minimum Gasteiger partial charge on any atom is -0.324 e. The molecule has 0 amide bonds. The van der Waals surface area contributed by atoms with Crippen LogP contribution in [0, 0.1) is 0 Å². The third-order valence-corrected chi connectivity index (χ3v) is 7.73. The van der Waals surface area contributed by atoms with Crippen LogP contribution in [0.15, 0.2) is 91.0 Å². The van der Waals surface area contributed by atoms with Crippen molar-refractivity contribution in [3.8, 4) is 45.6 Å². The molecule has 0 fully saturated rings. The summed E-state index contributed by atoms with van der Waals surface area (Å²) in [5.41, 5.74) is 9.60. The number of nitrogen functional groups attached to an aromatic ring is 1. The lowest BCUT2D eigenvalue weighted by molar-refractivity contribution is 1.19. The van der Waals surface area contributed by atoms with Crippen molar-refractivity contribution in [2.24, 2.45) is 5.84 Å². The molecule has 198 valence electrons. The molecule has 0 unspecified atom stereocenters. The van der Waals surface area contributed by atoms with E-state index >= 15 is 0 Å². The summed E-state index contributed by atoms with van der Waals surface area (Å²) in [5.74, 6) is 8.17. The third kappa shape index (κ3) is 3.23. The number of nitrogens with two attached hydrogens (primary N) is 1. The van der Waals surface area contributed by atoms with Gasteiger partial charge in [0.05, 0.1) is 11.1 Å². The van der Waals surface area contributed by atoms with E-state index in [-0.39, 0.29) is 0 Å². The van der Waals surface area contributed by atoms with Crippen molar-refractivity contribution in [3.05, 3.63) is 91.0 Å². The molecule has 4 aromatic carbocycles. The number of aromatic amines is 2. The molecule has 3 aromatic heterocycles. The minimum absolute atomic E-state index is 0.540. The second-order valence-corrected chi connectivity index (χ2v) is 10.1. The summed E-state index contributed by atoms with van der Waals surface area (Å²) in [6.07, 6.45) is 0. The number of aromatic nitrogens is 8. The number of anilines is 1. The lowest BCUT2D eigenvalue weighted by Crippen LogP contribution is -2.06. The quantitative estimate of drug-likeness (QED) is 0.142. The maximum Gasteiger partial charge on any atom is 0.164 e. The van der Waals surface area contributed by atoms with E-state index in [1.54, 1.807) is 0 Å². The molecule has 7 aromatic rings. The summed E-state index contributed by atoms with van der Waals surface area (Å²) in [6, 6.07) is 29.8. The number of rotatable bonds is 1. The molecule has 0 aliphatic carbocycles. The highest BCUT2D eigenvalue weighted by Gasteiger charge is 2.22. The molecule has 0 spiro atoms. The van der Waals surface area contributed by atoms with Gasteiger partial charge < -0.3 is 15.4 Å². The van der Waals surface area contributed by atoms with Crippen LogP contribution >= 0.6 is 0 Å². The van der Waals surface area contributed by atoms with Crippen molar-refractivity contribution < 1.29 is 0 Å². The highest BCUT2D eigenvalue weighted by atomic mass is 15.2. The summed E-state index contributed by atoms with van der Waals surface area (Å²) < 4.78 is 0. The van der Waals surface area contributed by atoms with Gasteiger partial charge in [-0.25, -0.2) is 29.9 Å². The smallest absolute Gasteiger partial charge is 0.164 e. The van der Waals surface area contributed by atoms with Crippen LogP contribution in [0.3, 0.4) is 0 Å². The average molecular weight is 545 g/mol. The van der Waals surface area contributed by atoms with Crippen molar-refractivity contribution in [1.29, 1.82) is 0 Å². The van der Waals surface area contributed by atoms with Gasteiger partial charge in [0.15, 0.2) is 23.3 Å². The van der Waals surface area contributed by atoms with Crippen LogP contribution in [0.2, 0.25) is 0 Å². The van der Waals surface area contributed by atoms with Crippen molar-refractivity contribution >= 4 is 49.8 Å². The van der Waals surface area contributed by atoms with Crippen LogP contribution in [0.25, 0.3) is 89.7 Å². The molecule has 0 radical (unpaired) electrons. The van der Waals surface area contributed by atoms with Crippen molar-refractivity contribution in [1.82, 2.24) is 39.9 Å². The molecule has 5 heterocycles. The predicted octanol–water partition coefficient (Wildman–Crippen LogP) is 6.15. The molecule has 9 rings (SSSR count). The summed E-state index contributed by atoms with van der Waals surface area (Å²) in [4.78, 5) is 36.8. The number of hydrazine groups is 1. The fourth-order valence-corrected chi connectivity index (χ4v) is 5.81. The van der Waals surface area contributed by atoms with Gasteiger partial charge in [0.25, 0.3) is 0 Å². The van der Waals surface area contributed by atoms with Crippen LogP contribution in [-0.4, -0.2) is 39.9 Å². The first kappa shape index (κ1) is 22.8. The Bertz CT molecular complexity index is 2420. The molecular weight excluding hydrogens is 524 g/mol. The van der Waals surface area contributed by atoms with E-state index in [9.17, 15) is 0 Å². The Kier molecular flexibility index (Phi) is 4.61. The number of benzene rings is 4. The topological polar surface area (TPSA) is 147 Å². The van der Waals surface area contributed by atoms with E-state index < -0.39 is 0 Å². The zero-order valence-electron chi connectivity index (χ0n) is 21.9. The zero-order valence-corrected chi connectivity index (χ0v) is 21.9. The fourth-order valence-electron chi connectivity index (χ4n) is 5.81. The SMILES string of the molecule is NNc1cccc2c3nc4nc(nc5[nH]c(nc6nc(nc([nH]3)c12)-c1ccccc1-6)c1ccccc51)-c1ccccc1-4. The fraction of sp³-hybridized carbons (Fsp3) is 0. The minimum atomic E-state index is 0.540. The predicted molar refractivity (Wildman–Crippen MR) is 164 cm³/mol. The molecule has 2 aliphatic rings. The molecule has 0 saturated carbocycles. The number of fused-ring (bicyclic) bond motifs is 20. The lowest BCUT2D eigenvalue weighted by atomic mass is 10.1. The Morgan fingerprint density at radius 1 is 0.429 bits per heavy atom. The van der Waals surface area contributed by atoms with Crippen LogP contribution in [-0.2, 0) is 0 Å². The Morgan fingerprint density at radius 3 is 1.33 bits per heavy atom. The Hall–Kier alpha value is -6.00. The average Bonchev–Trinajstić information content (AvgIpc) is 3.76. The standard InChI is InChI=1S/C32H20N10/c33-42-23-15-7-14-22-24(23)32-40-30-21-13-6-5-12-20(21)28(38-30)36-26-17-9-2-1-8-16(17)25(34-26)35-27-18-10-3-4-11-19(18)29(37-27)39-31(22)41-32/h1-15,42H,33H2,(H2,34,35,36,37,38,39,40,41). The number of hydrogen-bond acceptors (Lipinski definition) is 8. The molecular formula is C32H20N10. The van der Waals surface area contributed by atoms with E-state index in [0.29, 0.717) is 51.6 Å². The summed E-state index contributed by atoms with van der Waals surface area (Å²) in [7, 11) is 0. The molecule has 0 saturated heterocycles. The molecule has 10 heteroatoms. The van der Waals surface area contributed by atoms with Gasteiger partial charge >= 0.3 is 0 Å². The van der Waals surface area contributed by atoms with E-state index in [1.807, 2.05) is 91.0 Å². The second-order valence-electron chi connectivity index (χ2n) is 10.1. The second kappa shape index (κ2) is 8.50. The van der Waals surface area contributed by atoms with Crippen molar-refractivity contribution in [2.75, 3.05) is 5.43 Å². The van der Waals surface area contributed by atoms with E-state index in [2.05, 4.69) is 15.4 Å². The lowest BCUT2D eigenvalue weighted by Gasteiger charge is -2.01. The van der Waals surface area contributed by atoms with Gasteiger partial charge in [0.1, 0.15) is 22.6 Å². The molecule has 8 bridgehead atoms. The van der Waals surface area contributed by atoms with E-state index in [0.717, 1.165) is 43.8 Å². The van der Waals surface area contributed by atoms with Gasteiger partial charge in [0, 0.05) is 38.4 Å². The first-order valence-electron chi connectivity index (χ1n) is 13.4. The Morgan fingerprint density at radius 2 is 0.833 bits per heavy atom. The van der Waals surface area contributed by atoms with Crippen LogP contribution in [0.1, 0.15) is 0 Å². The van der Waals surface area contributed by atoms with Crippen LogP contribution < -0.4 is 11.3 Å². The molecule has 2 aliphatic heterocycles. The largest absolute Gasteiger partial charge is 0.324 e. The summed E-state index contributed by atoms with van der Waals surface area (Å²) in [6.45, 7) is 0. The first-order valence-corrected chi connectivity index (χ1v) is 13.4. The monoisotopic (exact) mass is 544 g/mol. The van der Waals surface area contributed by atoms with Gasteiger partial charge in [-0.3, -0.25) is 5.84 Å². The number of H-pyrrole nitrogens is 2. The zero-order chi connectivity index (χ0) is 27.8. The van der Waals surface area contributed by atoms with Gasteiger partial charge in [-0.2, -0.15) is 0 Å². The Balaban J connectivity index is 1.52.